The molecule has 5 nitrogen and oxygen atoms in total. The fourth-order valence-electron chi connectivity index (χ4n) is 1.62. The van der Waals surface area contributed by atoms with Crippen molar-refractivity contribution >= 4 is 16.9 Å². The summed E-state index contributed by atoms with van der Waals surface area (Å²) < 4.78 is 4.90. The molecule has 0 amide bonds. The Morgan fingerprint density at radius 3 is 2.89 bits per heavy atom. The predicted molar refractivity (Wildman–Crippen MR) is 65.1 cm³/mol. The molecule has 2 aromatic rings. The Morgan fingerprint density at radius 1 is 1.44 bits per heavy atom. The summed E-state index contributed by atoms with van der Waals surface area (Å²) in [6, 6.07) is 9.89. The van der Waals surface area contributed by atoms with Gasteiger partial charge in [0.15, 0.2) is 6.10 Å². The minimum Gasteiger partial charge on any atom is -0.444 e. The molecule has 0 spiro atoms. The summed E-state index contributed by atoms with van der Waals surface area (Å²) >= 11 is 0. The number of benzene rings is 1. The van der Waals surface area contributed by atoms with E-state index in [1.54, 1.807) is 30.3 Å². The lowest BCUT2D eigenvalue weighted by Gasteiger charge is -2.08. The number of aromatic nitrogens is 1. The molecule has 1 N–H and O–H groups in total. The van der Waals surface area contributed by atoms with Gasteiger partial charge in [-0.3, -0.25) is 4.79 Å². The average molecular weight is 242 g/mol. The maximum atomic E-state index is 11.9. The van der Waals surface area contributed by atoms with Crippen molar-refractivity contribution in [2.24, 2.45) is 0 Å². The van der Waals surface area contributed by atoms with E-state index < -0.39 is 12.1 Å². The van der Waals surface area contributed by atoms with Crippen LogP contribution in [0.4, 0.5) is 0 Å². The molecule has 0 radical (unpaired) electrons. The Labute approximate surface area is 103 Å². The van der Waals surface area contributed by atoms with Gasteiger partial charge in [0, 0.05) is 17.0 Å². The van der Waals surface area contributed by atoms with Crippen molar-refractivity contribution < 1.29 is 9.53 Å². The van der Waals surface area contributed by atoms with Gasteiger partial charge >= 0.3 is 5.97 Å². The molecule has 90 valence electrons. The standard InChI is InChI=1S/C13H10N2O3/c1-8(7-14)18-13(17)10-6-12(16)15-11-5-3-2-4-9(10)11/h2-6,8H,1H3,(H,15,16)/t8-/m0/s1. The van der Waals surface area contributed by atoms with Crippen LogP contribution in [0.25, 0.3) is 10.9 Å². The summed E-state index contributed by atoms with van der Waals surface area (Å²) in [5, 5.41) is 9.19. The molecule has 0 fully saturated rings. The van der Waals surface area contributed by atoms with Crippen LogP contribution in [-0.4, -0.2) is 17.1 Å². The predicted octanol–water partition coefficient (Wildman–Crippen LogP) is 1.60. The van der Waals surface area contributed by atoms with Crippen LogP contribution in [0.1, 0.15) is 17.3 Å². The SMILES string of the molecule is C[C@@H](C#N)OC(=O)c1cc(=O)[nH]c2ccccc12. The van der Waals surface area contributed by atoms with Crippen molar-refractivity contribution in [3.05, 3.63) is 46.2 Å². The highest BCUT2D eigenvalue weighted by Crippen LogP contribution is 2.15. The quantitative estimate of drug-likeness (QED) is 0.811. The van der Waals surface area contributed by atoms with E-state index in [0.29, 0.717) is 10.9 Å². The van der Waals surface area contributed by atoms with Gasteiger partial charge in [-0.05, 0) is 13.0 Å². The number of carbonyl (C=O) groups excluding carboxylic acids is 1. The van der Waals surface area contributed by atoms with Gasteiger partial charge in [0.05, 0.1) is 5.56 Å². The second-order valence-corrected chi connectivity index (χ2v) is 3.77. The summed E-state index contributed by atoms with van der Waals surface area (Å²) in [5.41, 5.74) is 0.336. The number of nitrogens with zero attached hydrogens (tertiary/aromatic N) is 1. The molecule has 0 unspecified atom stereocenters. The lowest BCUT2D eigenvalue weighted by atomic mass is 10.1. The van der Waals surface area contributed by atoms with Crippen LogP contribution in [0.3, 0.4) is 0 Å². The summed E-state index contributed by atoms with van der Waals surface area (Å²) in [6.45, 7) is 1.47. The number of ether oxygens (including phenoxy) is 1. The van der Waals surface area contributed by atoms with Crippen molar-refractivity contribution in [1.29, 1.82) is 5.26 Å². The second-order valence-electron chi connectivity index (χ2n) is 3.77. The molecular formula is C13H10N2O3. The first-order valence-corrected chi connectivity index (χ1v) is 5.34. The molecule has 0 saturated heterocycles. The Hall–Kier alpha value is -2.61. The fourth-order valence-corrected chi connectivity index (χ4v) is 1.62. The van der Waals surface area contributed by atoms with Crippen molar-refractivity contribution in [3.8, 4) is 6.07 Å². The number of nitriles is 1. The van der Waals surface area contributed by atoms with Crippen LogP contribution in [0.15, 0.2) is 35.1 Å². The first-order valence-electron chi connectivity index (χ1n) is 5.34. The normalized spacial score (nSPS) is 11.8. The minimum atomic E-state index is -0.851. The van der Waals surface area contributed by atoms with Gasteiger partial charge in [0.2, 0.25) is 5.56 Å². The zero-order valence-electron chi connectivity index (χ0n) is 9.64. The van der Waals surface area contributed by atoms with Crippen LogP contribution >= 0.6 is 0 Å². The van der Waals surface area contributed by atoms with Gasteiger partial charge in [-0.25, -0.2) is 4.79 Å². The van der Waals surface area contributed by atoms with Crippen molar-refractivity contribution in [3.63, 3.8) is 0 Å². The molecule has 1 aromatic heterocycles. The third-order valence-electron chi connectivity index (χ3n) is 2.44. The number of rotatable bonds is 2. The molecule has 18 heavy (non-hydrogen) atoms. The van der Waals surface area contributed by atoms with Gasteiger partial charge in [0.25, 0.3) is 0 Å². The van der Waals surface area contributed by atoms with Crippen LogP contribution in [-0.2, 0) is 4.74 Å². The Morgan fingerprint density at radius 2 is 2.17 bits per heavy atom. The molecular weight excluding hydrogens is 232 g/mol. The number of pyridine rings is 1. The van der Waals surface area contributed by atoms with E-state index in [1.165, 1.54) is 13.0 Å². The average Bonchev–Trinajstić information content (AvgIpc) is 2.37. The summed E-state index contributed by atoms with van der Waals surface area (Å²) in [5.74, 6) is -0.675. The molecule has 5 heteroatoms. The third kappa shape index (κ3) is 2.23. The largest absolute Gasteiger partial charge is 0.444 e. The molecule has 1 heterocycles. The molecule has 0 aliphatic rings. The van der Waals surface area contributed by atoms with E-state index in [0.717, 1.165) is 0 Å². The van der Waals surface area contributed by atoms with Crippen LogP contribution in [0.5, 0.6) is 0 Å². The highest BCUT2D eigenvalue weighted by atomic mass is 16.5. The number of aromatic amines is 1. The first-order chi connectivity index (χ1) is 8.61. The lowest BCUT2D eigenvalue weighted by Crippen LogP contribution is -2.16. The number of carbonyl (C=O) groups is 1. The smallest absolute Gasteiger partial charge is 0.340 e. The summed E-state index contributed by atoms with van der Waals surface area (Å²) in [7, 11) is 0. The molecule has 0 bridgehead atoms. The Bertz CT molecular complexity index is 697. The number of para-hydroxylation sites is 1. The van der Waals surface area contributed by atoms with E-state index in [1.807, 2.05) is 0 Å². The van der Waals surface area contributed by atoms with E-state index >= 15 is 0 Å². The fraction of sp³-hybridized carbons (Fsp3) is 0.154. The molecule has 0 aliphatic carbocycles. The minimum absolute atomic E-state index is 0.163. The molecule has 1 atom stereocenters. The van der Waals surface area contributed by atoms with Gasteiger partial charge in [-0.1, -0.05) is 18.2 Å². The molecule has 1 aromatic carbocycles. The van der Waals surface area contributed by atoms with E-state index in [9.17, 15) is 9.59 Å². The van der Waals surface area contributed by atoms with Crippen LogP contribution in [0, 0.1) is 11.3 Å². The lowest BCUT2D eigenvalue weighted by molar-refractivity contribution is 0.0437. The monoisotopic (exact) mass is 242 g/mol. The van der Waals surface area contributed by atoms with Crippen LogP contribution < -0.4 is 5.56 Å². The van der Waals surface area contributed by atoms with Crippen molar-refractivity contribution in [2.45, 2.75) is 13.0 Å². The van der Waals surface area contributed by atoms with Crippen LogP contribution in [0.2, 0.25) is 0 Å². The highest BCUT2D eigenvalue weighted by Gasteiger charge is 2.15. The maximum Gasteiger partial charge on any atom is 0.340 e. The number of H-pyrrole nitrogens is 1. The van der Waals surface area contributed by atoms with E-state index in [-0.39, 0.29) is 11.1 Å². The highest BCUT2D eigenvalue weighted by molar-refractivity contribution is 6.03. The first kappa shape index (κ1) is 11.9. The van der Waals surface area contributed by atoms with Crippen molar-refractivity contribution in [2.75, 3.05) is 0 Å². The molecule has 2 rings (SSSR count). The second kappa shape index (κ2) is 4.72. The summed E-state index contributed by atoms with van der Waals surface area (Å²) in [6.07, 6.45) is -0.851. The zero-order chi connectivity index (χ0) is 13.1. The maximum absolute atomic E-state index is 11.9. The summed E-state index contributed by atoms with van der Waals surface area (Å²) in [4.78, 5) is 25.9. The van der Waals surface area contributed by atoms with Crippen molar-refractivity contribution in [1.82, 2.24) is 4.98 Å². The number of hydrogen-bond donors (Lipinski definition) is 1. The van der Waals surface area contributed by atoms with E-state index in [4.69, 9.17) is 10.00 Å². The molecule has 0 aliphatic heterocycles. The Kier molecular flexibility index (Phi) is 3.11. The number of esters is 1. The molecule has 0 saturated carbocycles. The Balaban J connectivity index is 2.54. The van der Waals surface area contributed by atoms with Gasteiger partial charge in [-0.2, -0.15) is 5.26 Å². The number of fused-ring (bicyclic) bond motifs is 1. The third-order valence-corrected chi connectivity index (χ3v) is 2.44. The zero-order valence-corrected chi connectivity index (χ0v) is 9.64. The van der Waals surface area contributed by atoms with Gasteiger partial charge in [-0.15, -0.1) is 0 Å². The topological polar surface area (TPSA) is 82.9 Å². The van der Waals surface area contributed by atoms with E-state index in [2.05, 4.69) is 4.98 Å². The van der Waals surface area contributed by atoms with Gasteiger partial charge < -0.3 is 9.72 Å². The number of hydrogen-bond acceptors (Lipinski definition) is 4. The number of nitrogens with one attached hydrogen (secondary N) is 1. The van der Waals surface area contributed by atoms with Gasteiger partial charge in [0.1, 0.15) is 6.07 Å².